The number of aliphatic hydroxyl groups is 3. The standard InChI is InChI=1S/C39H62O12/c1-5-6-7-8-9-16-34(42)50-37-26(20-35(43)46-4)19-32-24-33(25-40)49-36(44)22-27(41)21-29-13-11-15-31(48-29)23-30-14-10-12-28(47-30)17-18-38(2,3)39(37,45)51-32/h17-18,20,27-33,37,40-41,45H,5-16,19,21-25H2,1-4H3/t27-,28-,29+,30+,31-,32+,33-,37+,39-/m1/s1. The van der Waals surface area contributed by atoms with Crippen molar-refractivity contribution >= 4 is 17.9 Å². The molecule has 0 aliphatic carbocycles. The number of carbonyl (C=O) groups is 3. The van der Waals surface area contributed by atoms with Gasteiger partial charge in [-0.1, -0.05) is 58.6 Å². The minimum atomic E-state index is -2.19. The van der Waals surface area contributed by atoms with Crippen molar-refractivity contribution in [2.45, 2.75) is 185 Å². The Morgan fingerprint density at radius 1 is 0.941 bits per heavy atom. The number of unbranched alkanes of at least 4 members (excludes halogenated alkanes) is 4. The quantitative estimate of drug-likeness (QED) is 0.0945. The Kier molecular flexibility index (Phi) is 16.0. The number of aliphatic hydroxyl groups excluding tert-OH is 2. The highest BCUT2D eigenvalue weighted by Crippen LogP contribution is 2.47. The second-order valence-corrected chi connectivity index (χ2v) is 15.4. The van der Waals surface area contributed by atoms with Crippen molar-refractivity contribution in [3.05, 3.63) is 23.8 Å². The molecule has 12 nitrogen and oxygen atoms in total. The molecule has 3 fully saturated rings. The molecule has 4 heterocycles. The van der Waals surface area contributed by atoms with E-state index in [9.17, 15) is 29.7 Å². The summed E-state index contributed by atoms with van der Waals surface area (Å²) < 4.78 is 35.9. The monoisotopic (exact) mass is 722 g/mol. The lowest BCUT2D eigenvalue weighted by atomic mass is 9.74. The average molecular weight is 723 g/mol. The van der Waals surface area contributed by atoms with Gasteiger partial charge in [0.25, 0.3) is 0 Å². The molecule has 0 unspecified atom stereocenters. The third kappa shape index (κ3) is 12.1. The molecule has 0 radical (unpaired) electrons. The Balaban J connectivity index is 1.68. The molecule has 290 valence electrons. The lowest BCUT2D eigenvalue weighted by Gasteiger charge is -2.51. The van der Waals surface area contributed by atoms with Gasteiger partial charge in [-0.25, -0.2) is 4.79 Å². The van der Waals surface area contributed by atoms with Gasteiger partial charge in [0.05, 0.1) is 56.8 Å². The van der Waals surface area contributed by atoms with Crippen LogP contribution in [0.25, 0.3) is 0 Å². The van der Waals surface area contributed by atoms with Crippen LogP contribution in [0.1, 0.15) is 130 Å². The fraction of sp³-hybridized carbons (Fsp3) is 0.821. The van der Waals surface area contributed by atoms with Gasteiger partial charge in [0.2, 0.25) is 5.79 Å². The van der Waals surface area contributed by atoms with E-state index in [1.807, 2.05) is 12.2 Å². The normalized spacial score (nSPS) is 35.7. The number of hydrogen-bond acceptors (Lipinski definition) is 12. The van der Waals surface area contributed by atoms with E-state index >= 15 is 0 Å². The van der Waals surface area contributed by atoms with Gasteiger partial charge < -0.3 is 43.7 Å². The number of hydrogen-bond donors (Lipinski definition) is 3. The van der Waals surface area contributed by atoms with Gasteiger partial charge in [0.15, 0.2) is 6.10 Å². The number of methoxy groups -OCH3 is 1. The molecule has 0 aromatic rings. The summed E-state index contributed by atoms with van der Waals surface area (Å²) >= 11 is 0. The first-order valence-electron chi connectivity index (χ1n) is 19.2. The highest BCUT2D eigenvalue weighted by atomic mass is 16.7. The van der Waals surface area contributed by atoms with Crippen LogP contribution in [0, 0.1) is 5.41 Å². The third-order valence-electron chi connectivity index (χ3n) is 10.7. The van der Waals surface area contributed by atoms with E-state index in [1.165, 1.54) is 13.2 Å². The molecule has 12 heteroatoms. The number of fused-ring (bicyclic) bond motifs is 6. The van der Waals surface area contributed by atoms with Crippen molar-refractivity contribution in [2.24, 2.45) is 5.41 Å². The number of ether oxygens (including phenoxy) is 6. The molecule has 0 saturated carbocycles. The Hall–Kier alpha value is -2.35. The van der Waals surface area contributed by atoms with Crippen molar-refractivity contribution in [1.82, 2.24) is 0 Å². The van der Waals surface area contributed by atoms with Gasteiger partial charge in [-0.3, -0.25) is 9.59 Å². The second-order valence-electron chi connectivity index (χ2n) is 15.4. The average Bonchev–Trinajstić information content (AvgIpc) is 3.08. The molecular formula is C39H62O12. The van der Waals surface area contributed by atoms with Crippen LogP contribution in [0.4, 0.5) is 0 Å². The molecule has 0 spiro atoms. The van der Waals surface area contributed by atoms with Crippen molar-refractivity contribution in [1.29, 1.82) is 0 Å². The van der Waals surface area contributed by atoms with Crippen LogP contribution in [-0.4, -0.2) is 102 Å². The number of rotatable bonds is 9. The topological polar surface area (TPSA) is 167 Å². The highest BCUT2D eigenvalue weighted by molar-refractivity contribution is 5.83. The third-order valence-corrected chi connectivity index (χ3v) is 10.7. The van der Waals surface area contributed by atoms with Gasteiger partial charge in [-0.15, -0.1) is 0 Å². The summed E-state index contributed by atoms with van der Waals surface area (Å²) in [4.78, 5) is 38.9. The number of carbonyl (C=O) groups excluding carboxylic acids is 3. The Bertz CT molecular complexity index is 1200. The van der Waals surface area contributed by atoms with Gasteiger partial charge in [-0.2, -0.15) is 0 Å². The number of esters is 3. The minimum Gasteiger partial charge on any atom is -0.466 e. The first kappa shape index (κ1) is 41.4. The molecule has 3 saturated heterocycles. The van der Waals surface area contributed by atoms with Gasteiger partial charge in [-0.05, 0) is 63.4 Å². The largest absolute Gasteiger partial charge is 0.466 e. The minimum absolute atomic E-state index is 0.0215. The van der Waals surface area contributed by atoms with Crippen LogP contribution in [0.2, 0.25) is 0 Å². The van der Waals surface area contributed by atoms with Crippen molar-refractivity contribution < 1.29 is 58.1 Å². The Morgan fingerprint density at radius 2 is 1.63 bits per heavy atom. The lowest BCUT2D eigenvalue weighted by Crippen LogP contribution is -2.62. The van der Waals surface area contributed by atoms with Crippen LogP contribution in [0.5, 0.6) is 0 Å². The fourth-order valence-corrected chi connectivity index (χ4v) is 7.76. The molecule has 6 bridgehead atoms. The van der Waals surface area contributed by atoms with Crippen molar-refractivity contribution in [2.75, 3.05) is 13.7 Å². The molecule has 51 heavy (non-hydrogen) atoms. The van der Waals surface area contributed by atoms with Crippen LogP contribution in [-0.2, 0) is 42.8 Å². The van der Waals surface area contributed by atoms with E-state index in [0.717, 1.165) is 64.2 Å². The molecule has 0 aromatic carbocycles. The maximum atomic E-state index is 13.3. The van der Waals surface area contributed by atoms with Gasteiger partial charge >= 0.3 is 17.9 Å². The molecule has 9 atom stereocenters. The molecule has 0 aromatic heterocycles. The number of cyclic esters (lactones) is 1. The smallest absolute Gasteiger partial charge is 0.330 e. The zero-order valence-corrected chi connectivity index (χ0v) is 31.1. The Morgan fingerprint density at radius 3 is 2.33 bits per heavy atom. The van der Waals surface area contributed by atoms with E-state index in [-0.39, 0.29) is 55.7 Å². The maximum absolute atomic E-state index is 13.3. The molecular weight excluding hydrogens is 660 g/mol. The van der Waals surface area contributed by atoms with E-state index in [2.05, 4.69) is 6.92 Å². The van der Waals surface area contributed by atoms with Crippen LogP contribution in [0.3, 0.4) is 0 Å². The fourth-order valence-electron chi connectivity index (χ4n) is 7.76. The first-order chi connectivity index (χ1) is 24.3. The molecule has 0 amide bonds. The van der Waals surface area contributed by atoms with E-state index in [0.29, 0.717) is 19.3 Å². The summed E-state index contributed by atoms with van der Waals surface area (Å²) in [6.07, 6.45) is 11.0. The van der Waals surface area contributed by atoms with E-state index in [4.69, 9.17) is 28.4 Å². The molecule has 3 N–H and O–H groups in total. The van der Waals surface area contributed by atoms with Crippen LogP contribution < -0.4 is 0 Å². The summed E-state index contributed by atoms with van der Waals surface area (Å²) in [7, 11) is 1.23. The summed E-state index contributed by atoms with van der Waals surface area (Å²) in [5.74, 6) is -4.10. The summed E-state index contributed by atoms with van der Waals surface area (Å²) in [6.45, 7) is 5.11. The van der Waals surface area contributed by atoms with Gasteiger partial charge in [0.1, 0.15) is 6.10 Å². The van der Waals surface area contributed by atoms with Crippen molar-refractivity contribution in [3.63, 3.8) is 0 Å². The van der Waals surface area contributed by atoms with Crippen molar-refractivity contribution in [3.8, 4) is 0 Å². The summed E-state index contributed by atoms with van der Waals surface area (Å²) in [5.41, 5.74) is -0.929. The van der Waals surface area contributed by atoms with Crippen LogP contribution >= 0.6 is 0 Å². The van der Waals surface area contributed by atoms with Gasteiger partial charge in [0, 0.05) is 30.8 Å². The highest BCUT2D eigenvalue weighted by Gasteiger charge is 2.57. The summed E-state index contributed by atoms with van der Waals surface area (Å²) in [6, 6.07) is 0. The maximum Gasteiger partial charge on any atom is 0.330 e. The SMILES string of the molecule is CCCCCCCC(=O)O[C@H]1C(=CC(=O)OC)C[C@H]2C[C@H](CO)OC(=O)C[C@H](O)C[C@@H]3CCC[C@H](C[C@@H]4CCC[C@H](C=CC(C)(C)[C@]1(O)O2)O4)O3. The molecule has 4 aliphatic heterocycles. The predicted molar refractivity (Wildman–Crippen MR) is 187 cm³/mol. The van der Waals surface area contributed by atoms with E-state index in [1.54, 1.807) is 13.8 Å². The van der Waals surface area contributed by atoms with E-state index < -0.39 is 60.1 Å². The zero-order valence-electron chi connectivity index (χ0n) is 31.1. The second kappa shape index (κ2) is 19.6. The zero-order chi connectivity index (χ0) is 37.0. The predicted octanol–water partition coefficient (Wildman–Crippen LogP) is 5.13. The summed E-state index contributed by atoms with van der Waals surface area (Å²) in [5, 5.41) is 33.7. The molecule has 4 aliphatic rings. The van der Waals surface area contributed by atoms with Crippen LogP contribution in [0.15, 0.2) is 23.8 Å². The Labute approximate surface area is 303 Å². The first-order valence-corrected chi connectivity index (χ1v) is 19.2. The molecule has 4 rings (SSSR count). The lowest BCUT2D eigenvalue weighted by molar-refractivity contribution is -0.327.